The lowest BCUT2D eigenvalue weighted by Gasteiger charge is -2.40. The predicted molar refractivity (Wildman–Crippen MR) is 148 cm³/mol. The highest BCUT2D eigenvalue weighted by atomic mass is 35.5. The highest BCUT2D eigenvalue weighted by Crippen LogP contribution is 2.40. The van der Waals surface area contributed by atoms with Crippen LogP contribution < -0.4 is 15.6 Å². The highest BCUT2D eigenvalue weighted by molar-refractivity contribution is 7.17. The summed E-state index contributed by atoms with van der Waals surface area (Å²) in [6, 6.07) is 43.8. The zero-order chi connectivity index (χ0) is 23.3. The third kappa shape index (κ3) is 4.49. The summed E-state index contributed by atoms with van der Waals surface area (Å²) in [7, 11) is -2.66. The van der Waals surface area contributed by atoms with Crippen molar-refractivity contribution in [2.45, 2.75) is 20.8 Å². The van der Waals surface area contributed by atoms with Crippen molar-refractivity contribution in [3.05, 3.63) is 132 Å². The van der Waals surface area contributed by atoms with Gasteiger partial charge in [-0.2, -0.15) is 0 Å². The largest absolute Gasteiger partial charge is 0.177 e. The van der Waals surface area contributed by atoms with E-state index in [2.05, 4.69) is 142 Å². The average molecular weight is 467 g/mol. The number of halogens is 1. The lowest BCUT2D eigenvalue weighted by molar-refractivity contribution is 0.565. The molecular formula is C31H31ClSi. The van der Waals surface area contributed by atoms with Crippen molar-refractivity contribution in [2.24, 2.45) is 5.41 Å². The summed E-state index contributed by atoms with van der Waals surface area (Å²) in [5.74, 6) is 0.479. The van der Waals surface area contributed by atoms with E-state index in [0.29, 0.717) is 5.88 Å². The van der Waals surface area contributed by atoms with Gasteiger partial charge in [0.2, 0.25) is 0 Å². The zero-order valence-corrected chi connectivity index (χ0v) is 21.4. The van der Waals surface area contributed by atoms with E-state index in [-0.39, 0.29) is 5.41 Å². The van der Waals surface area contributed by atoms with Gasteiger partial charge in [-0.1, -0.05) is 142 Å². The van der Waals surface area contributed by atoms with Gasteiger partial charge in [-0.05, 0) is 37.3 Å². The van der Waals surface area contributed by atoms with Crippen LogP contribution in [-0.2, 0) is 0 Å². The molecule has 0 unspecified atom stereocenters. The quantitative estimate of drug-likeness (QED) is 0.174. The first kappa shape index (κ1) is 23.3. The summed E-state index contributed by atoms with van der Waals surface area (Å²) >= 11 is 7.03. The fourth-order valence-electron chi connectivity index (χ4n) is 5.11. The molecule has 4 aromatic rings. The lowest BCUT2D eigenvalue weighted by atomic mass is 9.82. The maximum atomic E-state index is 7.03. The van der Waals surface area contributed by atoms with Crippen LogP contribution in [0.4, 0.5) is 0 Å². The van der Waals surface area contributed by atoms with Crippen molar-refractivity contribution >= 4 is 40.8 Å². The average Bonchev–Trinajstić information content (AvgIpc) is 2.85. The molecule has 0 bridgehead atoms. The maximum absolute atomic E-state index is 7.03. The molecule has 166 valence electrons. The Kier molecular flexibility index (Phi) is 7.02. The first-order chi connectivity index (χ1) is 16.0. The molecule has 0 heterocycles. The molecule has 0 spiro atoms. The first-order valence-electron chi connectivity index (χ1n) is 11.5. The molecule has 2 heteroatoms. The van der Waals surface area contributed by atoms with E-state index in [1.165, 1.54) is 31.9 Å². The fraction of sp³-hybridized carbons (Fsp3) is 0.161. The molecule has 0 radical (unpaired) electrons. The van der Waals surface area contributed by atoms with Gasteiger partial charge in [0, 0.05) is 5.88 Å². The number of benzene rings is 4. The molecule has 0 aromatic heterocycles. The van der Waals surface area contributed by atoms with Gasteiger partial charge in [-0.15, -0.1) is 11.6 Å². The lowest BCUT2D eigenvalue weighted by Crippen LogP contribution is -2.69. The van der Waals surface area contributed by atoms with Crippen LogP contribution in [0.25, 0.3) is 5.57 Å². The summed E-state index contributed by atoms with van der Waals surface area (Å²) in [6.07, 6.45) is 0. The van der Waals surface area contributed by atoms with Crippen LogP contribution >= 0.6 is 11.6 Å². The summed E-state index contributed by atoms with van der Waals surface area (Å²) in [4.78, 5) is 0. The van der Waals surface area contributed by atoms with Crippen LogP contribution in [0.5, 0.6) is 0 Å². The number of hydrogen-bond acceptors (Lipinski definition) is 0. The van der Waals surface area contributed by atoms with Gasteiger partial charge in [-0.25, -0.2) is 0 Å². The molecule has 0 atom stereocenters. The molecule has 0 aliphatic carbocycles. The van der Waals surface area contributed by atoms with Crippen molar-refractivity contribution in [1.29, 1.82) is 0 Å². The second-order valence-corrected chi connectivity index (χ2v) is 13.6. The second kappa shape index (κ2) is 9.95. The highest BCUT2D eigenvalue weighted by Gasteiger charge is 2.45. The Labute approximate surface area is 204 Å². The molecule has 0 saturated heterocycles. The van der Waals surface area contributed by atoms with Crippen molar-refractivity contribution in [3.8, 4) is 0 Å². The van der Waals surface area contributed by atoms with Gasteiger partial charge in [0.05, 0.1) is 0 Å². The normalized spacial score (nSPS) is 12.8. The van der Waals surface area contributed by atoms with Crippen molar-refractivity contribution in [1.82, 2.24) is 0 Å². The van der Waals surface area contributed by atoms with E-state index in [9.17, 15) is 0 Å². The molecule has 0 nitrogen and oxygen atoms in total. The van der Waals surface area contributed by atoms with Crippen LogP contribution in [0.2, 0.25) is 0 Å². The summed E-state index contributed by atoms with van der Waals surface area (Å²) < 4.78 is 0. The third-order valence-electron chi connectivity index (χ3n) is 6.32. The van der Waals surface area contributed by atoms with Gasteiger partial charge >= 0.3 is 0 Å². The molecule has 0 N–H and O–H groups in total. The monoisotopic (exact) mass is 466 g/mol. The number of hydrogen-bond donors (Lipinski definition) is 0. The smallest absolute Gasteiger partial charge is 0.122 e. The second-order valence-electron chi connectivity index (χ2n) is 9.45. The predicted octanol–water partition coefficient (Wildman–Crippen LogP) is 6.43. The van der Waals surface area contributed by atoms with Crippen molar-refractivity contribution < 1.29 is 0 Å². The van der Waals surface area contributed by atoms with Gasteiger partial charge in [0.1, 0.15) is 0 Å². The Morgan fingerprint density at radius 1 is 0.576 bits per heavy atom. The van der Waals surface area contributed by atoms with Crippen LogP contribution in [0, 0.1) is 5.41 Å². The molecule has 0 amide bonds. The van der Waals surface area contributed by atoms with Gasteiger partial charge < -0.3 is 0 Å². The molecule has 0 aliphatic rings. The number of allylic oxidation sites excluding steroid dienone is 2. The minimum absolute atomic E-state index is 0.0812. The molecule has 33 heavy (non-hydrogen) atoms. The van der Waals surface area contributed by atoms with Crippen LogP contribution in [0.1, 0.15) is 26.3 Å². The molecule has 0 saturated carbocycles. The van der Waals surface area contributed by atoms with Crippen molar-refractivity contribution in [2.75, 3.05) is 5.88 Å². The van der Waals surface area contributed by atoms with E-state index < -0.39 is 8.07 Å². The zero-order valence-electron chi connectivity index (χ0n) is 19.6. The number of rotatable bonds is 6. The van der Waals surface area contributed by atoms with Crippen molar-refractivity contribution in [3.63, 3.8) is 0 Å². The van der Waals surface area contributed by atoms with Crippen LogP contribution in [0.15, 0.2) is 127 Å². The molecule has 0 aliphatic heterocycles. The Morgan fingerprint density at radius 3 is 1.21 bits per heavy atom. The minimum Gasteiger partial charge on any atom is -0.122 e. The van der Waals surface area contributed by atoms with Gasteiger partial charge in [0.25, 0.3) is 0 Å². The van der Waals surface area contributed by atoms with E-state index in [0.717, 1.165) is 0 Å². The third-order valence-corrected chi connectivity index (χ3v) is 11.7. The summed E-state index contributed by atoms with van der Waals surface area (Å²) in [5.41, 5.74) is 2.52. The van der Waals surface area contributed by atoms with Crippen LogP contribution in [-0.4, -0.2) is 14.0 Å². The van der Waals surface area contributed by atoms with E-state index in [1.54, 1.807) is 0 Å². The van der Waals surface area contributed by atoms with E-state index >= 15 is 0 Å². The molecule has 0 fully saturated rings. The molecular weight excluding hydrogens is 436 g/mol. The molecule has 4 aromatic carbocycles. The summed E-state index contributed by atoms with van der Waals surface area (Å²) in [6.45, 7) is 6.92. The Balaban J connectivity index is 2.24. The first-order valence-corrected chi connectivity index (χ1v) is 14.0. The molecule has 4 rings (SSSR count). The summed E-state index contributed by atoms with van der Waals surface area (Å²) in [5, 5.41) is 5.42. The Morgan fingerprint density at radius 2 is 0.909 bits per heavy atom. The Bertz CT molecular complexity index is 1090. The Hall–Kier alpha value is -2.87. The van der Waals surface area contributed by atoms with Crippen LogP contribution in [0.3, 0.4) is 0 Å². The van der Waals surface area contributed by atoms with E-state index in [1.807, 2.05) is 0 Å². The fourth-order valence-corrected chi connectivity index (χ4v) is 11.1. The van der Waals surface area contributed by atoms with Gasteiger partial charge in [-0.3, -0.25) is 0 Å². The van der Waals surface area contributed by atoms with E-state index in [4.69, 9.17) is 11.6 Å². The topological polar surface area (TPSA) is 0 Å². The number of alkyl halides is 1. The minimum atomic E-state index is -2.66. The van der Waals surface area contributed by atoms with Gasteiger partial charge in [0.15, 0.2) is 8.07 Å². The standard InChI is InChI=1S/C31H31ClSi/c1-31(2,3)30(25-16-8-4-9-17-25)29(24-32)33(26-18-10-5-11-19-26,27-20-12-6-13-21-27)28-22-14-7-15-23-28/h4-23H,24H2,1-3H3/b30-29-. The maximum Gasteiger partial charge on any atom is 0.177 e. The SMILES string of the molecule is CC(C)(C)/C(=C(/CCl)[Si](c1ccccc1)(c1ccccc1)c1ccccc1)c1ccccc1.